The zero-order valence-electron chi connectivity index (χ0n) is 11.0. The lowest BCUT2D eigenvalue weighted by Crippen LogP contribution is -2.29. The zero-order chi connectivity index (χ0) is 13.9. The van der Waals surface area contributed by atoms with Crippen LogP contribution in [0.4, 0.5) is 4.39 Å². The standard InChI is InChI=1S/C15H18FNO2/c1-15(19)4-5-17(11-15)10-13-7-12(3-2-6-18)8-14(16)9-13/h7-9,18-19H,4-6,10-11H2,1H3. The van der Waals surface area contributed by atoms with Crippen molar-refractivity contribution in [2.24, 2.45) is 0 Å². The van der Waals surface area contributed by atoms with Crippen LogP contribution in [0.2, 0.25) is 0 Å². The Hall–Kier alpha value is -1.41. The number of likely N-dealkylation sites (tertiary alicyclic amines) is 1. The molecule has 0 radical (unpaired) electrons. The molecular formula is C15H18FNO2. The molecular weight excluding hydrogens is 245 g/mol. The van der Waals surface area contributed by atoms with Crippen molar-refractivity contribution < 1.29 is 14.6 Å². The summed E-state index contributed by atoms with van der Waals surface area (Å²) in [5, 5.41) is 18.6. The van der Waals surface area contributed by atoms with E-state index < -0.39 is 5.60 Å². The zero-order valence-corrected chi connectivity index (χ0v) is 11.0. The number of aliphatic hydroxyl groups is 2. The van der Waals surface area contributed by atoms with E-state index in [1.54, 1.807) is 0 Å². The number of rotatable bonds is 2. The molecule has 0 saturated carbocycles. The van der Waals surface area contributed by atoms with E-state index in [1.807, 2.05) is 13.0 Å². The van der Waals surface area contributed by atoms with Crippen LogP contribution >= 0.6 is 0 Å². The minimum absolute atomic E-state index is 0.235. The Balaban J connectivity index is 2.10. The van der Waals surface area contributed by atoms with Gasteiger partial charge in [-0.15, -0.1) is 0 Å². The molecule has 1 fully saturated rings. The first kappa shape index (κ1) is 14.0. The number of hydrogen-bond donors (Lipinski definition) is 2. The highest BCUT2D eigenvalue weighted by Gasteiger charge is 2.30. The van der Waals surface area contributed by atoms with Crippen LogP contribution in [0.1, 0.15) is 24.5 Å². The van der Waals surface area contributed by atoms with Gasteiger partial charge < -0.3 is 10.2 Å². The summed E-state index contributed by atoms with van der Waals surface area (Å²) < 4.78 is 13.5. The molecule has 1 aliphatic heterocycles. The monoisotopic (exact) mass is 263 g/mol. The topological polar surface area (TPSA) is 43.7 Å². The molecule has 1 atom stereocenters. The Bertz CT molecular complexity index is 517. The summed E-state index contributed by atoms with van der Waals surface area (Å²) in [7, 11) is 0. The van der Waals surface area contributed by atoms with Gasteiger partial charge in [-0.05, 0) is 37.1 Å². The van der Waals surface area contributed by atoms with Crippen LogP contribution in [0.25, 0.3) is 0 Å². The van der Waals surface area contributed by atoms with Gasteiger partial charge in [-0.2, -0.15) is 0 Å². The fourth-order valence-electron chi connectivity index (χ4n) is 2.39. The average molecular weight is 263 g/mol. The van der Waals surface area contributed by atoms with Gasteiger partial charge in [-0.1, -0.05) is 11.8 Å². The number of halogens is 1. The van der Waals surface area contributed by atoms with E-state index >= 15 is 0 Å². The summed E-state index contributed by atoms with van der Waals surface area (Å²) in [6.07, 6.45) is 0.736. The van der Waals surface area contributed by atoms with Gasteiger partial charge in [0.15, 0.2) is 0 Å². The first-order valence-corrected chi connectivity index (χ1v) is 6.32. The van der Waals surface area contributed by atoms with Crippen molar-refractivity contribution in [3.05, 3.63) is 35.1 Å². The largest absolute Gasteiger partial charge is 0.389 e. The summed E-state index contributed by atoms with van der Waals surface area (Å²) in [6, 6.07) is 4.65. The molecule has 0 aliphatic carbocycles. The van der Waals surface area contributed by atoms with Gasteiger partial charge in [0.2, 0.25) is 0 Å². The summed E-state index contributed by atoms with van der Waals surface area (Å²) >= 11 is 0. The number of benzene rings is 1. The van der Waals surface area contributed by atoms with Crippen LogP contribution in [0.15, 0.2) is 18.2 Å². The summed E-state index contributed by atoms with van der Waals surface area (Å²) in [6.45, 7) is 3.58. The van der Waals surface area contributed by atoms with E-state index in [1.165, 1.54) is 12.1 Å². The second kappa shape index (κ2) is 5.70. The van der Waals surface area contributed by atoms with Gasteiger partial charge in [0.1, 0.15) is 12.4 Å². The highest BCUT2D eigenvalue weighted by Crippen LogP contribution is 2.22. The van der Waals surface area contributed by atoms with E-state index in [0.717, 1.165) is 18.5 Å². The lowest BCUT2D eigenvalue weighted by atomic mass is 10.1. The van der Waals surface area contributed by atoms with Crippen LogP contribution in [0.3, 0.4) is 0 Å². The first-order chi connectivity index (χ1) is 8.98. The normalized spacial score (nSPS) is 23.2. The Kier molecular flexibility index (Phi) is 4.20. The van der Waals surface area contributed by atoms with Crippen LogP contribution in [-0.4, -0.2) is 40.4 Å². The van der Waals surface area contributed by atoms with Crippen molar-refractivity contribution in [3.63, 3.8) is 0 Å². The second-order valence-corrected chi connectivity index (χ2v) is 5.27. The molecule has 4 heteroatoms. The summed E-state index contributed by atoms with van der Waals surface area (Å²) in [5.74, 6) is 4.89. The smallest absolute Gasteiger partial charge is 0.124 e. The van der Waals surface area contributed by atoms with Gasteiger partial charge in [0.25, 0.3) is 0 Å². The highest BCUT2D eigenvalue weighted by molar-refractivity contribution is 5.37. The highest BCUT2D eigenvalue weighted by atomic mass is 19.1. The molecule has 1 saturated heterocycles. The lowest BCUT2D eigenvalue weighted by molar-refractivity contribution is 0.0679. The Morgan fingerprint density at radius 3 is 2.84 bits per heavy atom. The maximum absolute atomic E-state index is 13.5. The van der Waals surface area contributed by atoms with Gasteiger partial charge in [-0.25, -0.2) is 4.39 Å². The van der Waals surface area contributed by atoms with Crippen molar-refractivity contribution in [2.45, 2.75) is 25.5 Å². The molecule has 0 amide bonds. The van der Waals surface area contributed by atoms with Crippen molar-refractivity contribution in [1.82, 2.24) is 4.90 Å². The predicted octanol–water partition coefficient (Wildman–Crippen LogP) is 1.13. The third-order valence-electron chi connectivity index (χ3n) is 3.21. The maximum atomic E-state index is 13.5. The third-order valence-corrected chi connectivity index (χ3v) is 3.21. The SMILES string of the molecule is CC1(O)CCN(Cc2cc(F)cc(C#CCO)c2)C1. The molecule has 0 spiro atoms. The quantitative estimate of drug-likeness (QED) is 0.786. The molecule has 2 rings (SSSR count). The molecule has 1 aromatic carbocycles. The van der Waals surface area contributed by atoms with Gasteiger partial charge in [0.05, 0.1) is 5.60 Å². The van der Waals surface area contributed by atoms with Crippen LogP contribution in [-0.2, 0) is 6.54 Å². The van der Waals surface area contributed by atoms with E-state index in [-0.39, 0.29) is 12.4 Å². The number of aliphatic hydroxyl groups excluding tert-OH is 1. The van der Waals surface area contributed by atoms with Crippen LogP contribution < -0.4 is 0 Å². The Labute approximate surface area is 112 Å². The van der Waals surface area contributed by atoms with E-state index in [4.69, 9.17) is 5.11 Å². The van der Waals surface area contributed by atoms with Crippen LogP contribution in [0, 0.1) is 17.7 Å². The van der Waals surface area contributed by atoms with E-state index in [0.29, 0.717) is 18.7 Å². The molecule has 1 unspecified atom stereocenters. The van der Waals surface area contributed by atoms with Gasteiger partial charge in [-0.3, -0.25) is 4.90 Å². The van der Waals surface area contributed by atoms with Gasteiger partial charge in [0, 0.05) is 25.2 Å². The predicted molar refractivity (Wildman–Crippen MR) is 70.9 cm³/mol. The Morgan fingerprint density at radius 1 is 1.42 bits per heavy atom. The number of nitrogens with zero attached hydrogens (tertiary/aromatic N) is 1. The van der Waals surface area contributed by atoms with Crippen molar-refractivity contribution >= 4 is 0 Å². The molecule has 3 nitrogen and oxygen atoms in total. The van der Waals surface area contributed by atoms with Crippen molar-refractivity contribution in [2.75, 3.05) is 19.7 Å². The summed E-state index contributed by atoms with van der Waals surface area (Å²) in [5.41, 5.74) is 0.752. The first-order valence-electron chi connectivity index (χ1n) is 6.32. The lowest BCUT2D eigenvalue weighted by Gasteiger charge is -2.18. The van der Waals surface area contributed by atoms with Gasteiger partial charge >= 0.3 is 0 Å². The minimum Gasteiger partial charge on any atom is -0.389 e. The molecule has 1 heterocycles. The van der Waals surface area contributed by atoms with E-state index in [2.05, 4.69) is 16.7 Å². The summed E-state index contributed by atoms with van der Waals surface area (Å²) in [4.78, 5) is 2.10. The molecule has 0 bridgehead atoms. The third kappa shape index (κ3) is 4.03. The van der Waals surface area contributed by atoms with E-state index in [9.17, 15) is 9.50 Å². The Morgan fingerprint density at radius 2 is 2.21 bits per heavy atom. The van der Waals surface area contributed by atoms with Crippen molar-refractivity contribution in [1.29, 1.82) is 0 Å². The minimum atomic E-state index is -0.646. The van der Waals surface area contributed by atoms with Crippen LogP contribution in [0.5, 0.6) is 0 Å². The molecule has 2 N–H and O–H groups in total. The average Bonchev–Trinajstić information content (AvgIpc) is 2.65. The molecule has 1 aliphatic rings. The molecule has 102 valence electrons. The molecule has 1 aromatic rings. The molecule has 0 aromatic heterocycles. The maximum Gasteiger partial charge on any atom is 0.124 e. The fourth-order valence-corrected chi connectivity index (χ4v) is 2.39. The number of β-amino-alcohol motifs (C(OH)–C–C–N with tert-alkyl or cyclic N) is 1. The molecule has 19 heavy (non-hydrogen) atoms. The second-order valence-electron chi connectivity index (χ2n) is 5.27. The van der Waals surface area contributed by atoms with Crippen molar-refractivity contribution in [3.8, 4) is 11.8 Å². The fraction of sp³-hybridized carbons (Fsp3) is 0.467. The number of hydrogen-bond acceptors (Lipinski definition) is 3.